The van der Waals surface area contributed by atoms with Gasteiger partial charge in [0.25, 0.3) is 0 Å². The van der Waals surface area contributed by atoms with Crippen LogP contribution in [0.2, 0.25) is 0 Å². The lowest BCUT2D eigenvalue weighted by Crippen LogP contribution is -2.50. The van der Waals surface area contributed by atoms with Crippen LogP contribution in [0, 0.1) is 0 Å². The molecule has 0 aromatic heterocycles. The third-order valence-electron chi connectivity index (χ3n) is 5.73. The van der Waals surface area contributed by atoms with Gasteiger partial charge in [-0.1, -0.05) is 49.4 Å². The number of anilines is 2. The summed E-state index contributed by atoms with van der Waals surface area (Å²) in [5.41, 5.74) is 6.03. The Labute approximate surface area is 167 Å². The number of rotatable bonds is 4. The van der Waals surface area contributed by atoms with Crippen LogP contribution >= 0.6 is 0 Å². The summed E-state index contributed by atoms with van der Waals surface area (Å²) in [7, 11) is 0. The molecule has 0 spiro atoms. The van der Waals surface area contributed by atoms with Gasteiger partial charge in [0, 0.05) is 20.0 Å². The van der Waals surface area contributed by atoms with E-state index in [0.717, 1.165) is 43.9 Å². The summed E-state index contributed by atoms with van der Waals surface area (Å²) >= 11 is 0. The molecule has 2 aromatic carbocycles. The molecule has 4 nitrogen and oxygen atoms in total. The first-order valence-corrected chi connectivity index (χ1v) is 10.2. The standard InChI is InChI=1S/C24H28N2O2/c1-3-22-17-25(16-19-7-5-4-6-8-19)24-15-21(20-11-13-28-14-12-20)9-10-23(24)26(22)18(2)27/h4-11,15,22H,3,12-14,16-17H2,1-2H3. The van der Waals surface area contributed by atoms with Crippen molar-refractivity contribution < 1.29 is 9.53 Å². The van der Waals surface area contributed by atoms with E-state index < -0.39 is 0 Å². The van der Waals surface area contributed by atoms with Crippen molar-refractivity contribution in [2.45, 2.75) is 39.3 Å². The van der Waals surface area contributed by atoms with Crippen LogP contribution in [-0.2, 0) is 16.1 Å². The molecule has 0 N–H and O–H groups in total. The molecule has 0 aliphatic carbocycles. The molecule has 2 aliphatic heterocycles. The number of benzene rings is 2. The summed E-state index contributed by atoms with van der Waals surface area (Å²) in [6, 6.07) is 17.3. The Morgan fingerprint density at radius 1 is 1.14 bits per heavy atom. The van der Waals surface area contributed by atoms with Crippen LogP contribution in [0.1, 0.15) is 37.8 Å². The van der Waals surface area contributed by atoms with Gasteiger partial charge in [-0.2, -0.15) is 0 Å². The first kappa shape index (κ1) is 18.8. The van der Waals surface area contributed by atoms with Crippen LogP contribution in [-0.4, -0.2) is 31.7 Å². The first-order valence-electron chi connectivity index (χ1n) is 10.2. The molecule has 2 aliphatic rings. The molecule has 4 rings (SSSR count). The second kappa shape index (κ2) is 8.19. The van der Waals surface area contributed by atoms with Crippen molar-refractivity contribution in [2.75, 3.05) is 29.6 Å². The third-order valence-corrected chi connectivity index (χ3v) is 5.73. The van der Waals surface area contributed by atoms with Crippen LogP contribution in [0.5, 0.6) is 0 Å². The topological polar surface area (TPSA) is 32.8 Å². The normalized spacial score (nSPS) is 19.2. The lowest BCUT2D eigenvalue weighted by molar-refractivity contribution is -0.117. The maximum absolute atomic E-state index is 12.5. The minimum absolute atomic E-state index is 0.116. The van der Waals surface area contributed by atoms with Gasteiger partial charge in [0.2, 0.25) is 5.91 Å². The van der Waals surface area contributed by atoms with Crippen molar-refractivity contribution in [2.24, 2.45) is 0 Å². The number of nitrogens with zero attached hydrogens (tertiary/aromatic N) is 2. The van der Waals surface area contributed by atoms with Gasteiger partial charge in [-0.05, 0) is 41.7 Å². The van der Waals surface area contributed by atoms with E-state index in [9.17, 15) is 4.79 Å². The van der Waals surface area contributed by atoms with Crippen molar-refractivity contribution in [1.29, 1.82) is 0 Å². The van der Waals surface area contributed by atoms with Gasteiger partial charge >= 0.3 is 0 Å². The highest BCUT2D eigenvalue weighted by molar-refractivity contribution is 5.98. The molecule has 0 bridgehead atoms. The van der Waals surface area contributed by atoms with E-state index in [1.807, 2.05) is 4.90 Å². The van der Waals surface area contributed by atoms with E-state index in [1.165, 1.54) is 16.7 Å². The highest BCUT2D eigenvalue weighted by Crippen LogP contribution is 2.39. The Morgan fingerprint density at radius 2 is 1.96 bits per heavy atom. The molecule has 0 fully saturated rings. The quantitative estimate of drug-likeness (QED) is 0.779. The summed E-state index contributed by atoms with van der Waals surface area (Å²) in [6.07, 6.45) is 4.05. The van der Waals surface area contributed by atoms with Crippen LogP contribution in [0.15, 0.2) is 54.6 Å². The summed E-state index contributed by atoms with van der Waals surface area (Å²) in [5.74, 6) is 0.116. The largest absolute Gasteiger partial charge is 0.377 e. The smallest absolute Gasteiger partial charge is 0.224 e. The minimum Gasteiger partial charge on any atom is -0.377 e. The number of fused-ring (bicyclic) bond motifs is 1. The molecule has 4 heteroatoms. The SMILES string of the molecule is CCC1CN(Cc2ccccc2)c2cc(C3=CCOCC3)ccc2N1C(C)=O. The van der Waals surface area contributed by atoms with Crippen molar-refractivity contribution in [3.8, 4) is 0 Å². The van der Waals surface area contributed by atoms with E-state index in [4.69, 9.17) is 4.74 Å². The van der Waals surface area contributed by atoms with Gasteiger partial charge in [0.1, 0.15) is 0 Å². The molecular weight excluding hydrogens is 348 g/mol. The Hall–Kier alpha value is -2.59. The van der Waals surface area contributed by atoms with Crippen molar-refractivity contribution >= 4 is 22.9 Å². The van der Waals surface area contributed by atoms with E-state index >= 15 is 0 Å². The van der Waals surface area contributed by atoms with Gasteiger partial charge in [0.15, 0.2) is 0 Å². The van der Waals surface area contributed by atoms with Gasteiger partial charge < -0.3 is 14.5 Å². The number of carbonyl (C=O) groups is 1. The lowest BCUT2D eigenvalue weighted by atomic mass is 9.97. The van der Waals surface area contributed by atoms with Crippen LogP contribution < -0.4 is 9.80 Å². The van der Waals surface area contributed by atoms with Crippen molar-refractivity contribution in [3.05, 3.63) is 65.7 Å². The maximum Gasteiger partial charge on any atom is 0.224 e. The Bertz CT molecular complexity index is 875. The summed E-state index contributed by atoms with van der Waals surface area (Å²) in [5, 5.41) is 0. The average molecular weight is 377 g/mol. The molecule has 1 unspecified atom stereocenters. The van der Waals surface area contributed by atoms with Crippen LogP contribution in [0.4, 0.5) is 11.4 Å². The fraction of sp³-hybridized carbons (Fsp3) is 0.375. The average Bonchev–Trinajstić information content (AvgIpc) is 2.74. The number of carbonyl (C=O) groups excluding carboxylic acids is 1. The monoisotopic (exact) mass is 376 g/mol. The fourth-order valence-corrected chi connectivity index (χ4v) is 4.29. The van der Waals surface area contributed by atoms with Crippen LogP contribution in [0.25, 0.3) is 5.57 Å². The second-order valence-electron chi connectivity index (χ2n) is 7.57. The first-order chi connectivity index (χ1) is 13.7. The number of hydrogen-bond acceptors (Lipinski definition) is 3. The zero-order valence-corrected chi connectivity index (χ0v) is 16.7. The zero-order valence-electron chi connectivity index (χ0n) is 16.7. The third kappa shape index (κ3) is 3.69. The van der Waals surface area contributed by atoms with E-state index in [2.05, 4.69) is 66.4 Å². The van der Waals surface area contributed by atoms with Gasteiger partial charge in [-0.25, -0.2) is 0 Å². The van der Waals surface area contributed by atoms with Crippen molar-refractivity contribution in [3.63, 3.8) is 0 Å². The van der Waals surface area contributed by atoms with E-state index in [1.54, 1.807) is 6.92 Å². The van der Waals surface area contributed by atoms with Gasteiger partial charge in [0.05, 0.1) is 30.6 Å². The lowest BCUT2D eigenvalue weighted by Gasteiger charge is -2.43. The predicted molar refractivity (Wildman–Crippen MR) is 115 cm³/mol. The highest BCUT2D eigenvalue weighted by Gasteiger charge is 2.32. The Morgan fingerprint density at radius 3 is 2.64 bits per heavy atom. The number of hydrogen-bond donors (Lipinski definition) is 0. The zero-order chi connectivity index (χ0) is 19.5. The minimum atomic E-state index is 0.116. The molecule has 0 saturated carbocycles. The molecule has 1 atom stereocenters. The molecule has 0 radical (unpaired) electrons. The molecule has 1 amide bonds. The summed E-state index contributed by atoms with van der Waals surface area (Å²) in [4.78, 5) is 16.9. The number of amides is 1. The summed E-state index contributed by atoms with van der Waals surface area (Å²) < 4.78 is 5.47. The Balaban J connectivity index is 1.76. The summed E-state index contributed by atoms with van der Waals surface area (Å²) in [6.45, 7) is 6.98. The van der Waals surface area contributed by atoms with Crippen LogP contribution in [0.3, 0.4) is 0 Å². The van der Waals surface area contributed by atoms with Gasteiger partial charge in [-0.15, -0.1) is 0 Å². The molecule has 2 aromatic rings. The second-order valence-corrected chi connectivity index (χ2v) is 7.57. The predicted octanol–water partition coefficient (Wildman–Crippen LogP) is 4.64. The highest BCUT2D eigenvalue weighted by atomic mass is 16.5. The molecule has 146 valence electrons. The maximum atomic E-state index is 12.5. The molecular formula is C24H28N2O2. The van der Waals surface area contributed by atoms with Crippen molar-refractivity contribution in [1.82, 2.24) is 0 Å². The molecule has 0 saturated heterocycles. The van der Waals surface area contributed by atoms with E-state index in [0.29, 0.717) is 6.61 Å². The van der Waals surface area contributed by atoms with E-state index in [-0.39, 0.29) is 11.9 Å². The van der Waals surface area contributed by atoms with Gasteiger partial charge in [-0.3, -0.25) is 4.79 Å². The Kier molecular flexibility index (Phi) is 5.49. The fourth-order valence-electron chi connectivity index (χ4n) is 4.29. The molecule has 28 heavy (non-hydrogen) atoms. The molecule has 2 heterocycles. The number of ether oxygens (including phenoxy) is 1.